The van der Waals surface area contributed by atoms with Gasteiger partial charge in [0.05, 0.1) is 22.7 Å². The number of nitrogens with zero attached hydrogens (tertiary/aromatic N) is 2. The number of sulfonamides is 1. The van der Waals surface area contributed by atoms with E-state index in [4.69, 9.17) is 0 Å². The van der Waals surface area contributed by atoms with Crippen molar-refractivity contribution in [1.82, 2.24) is 0 Å². The van der Waals surface area contributed by atoms with Gasteiger partial charge in [-0.3, -0.25) is 4.31 Å². The van der Waals surface area contributed by atoms with Crippen LogP contribution in [0.25, 0.3) is 0 Å². The van der Waals surface area contributed by atoms with Gasteiger partial charge in [0.25, 0.3) is 10.0 Å². The number of benzene rings is 3. The molecule has 0 fully saturated rings. The maximum absolute atomic E-state index is 13.3. The molecule has 0 spiro atoms. The maximum Gasteiger partial charge on any atom is 0.264 e. The summed E-state index contributed by atoms with van der Waals surface area (Å²) in [7, 11) is -3.78. The van der Waals surface area contributed by atoms with Crippen molar-refractivity contribution >= 4 is 31.6 Å². The van der Waals surface area contributed by atoms with Crippen LogP contribution in [0.3, 0.4) is 0 Å². The van der Waals surface area contributed by atoms with Crippen molar-refractivity contribution in [2.24, 2.45) is 0 Å². The summed E-state index contributed by atoms with van der Waals surface area (Å²) in [6, 6.07) is 24.7. The molecule has 3 aromatic rings. The van der Waals surface area contributed by atoms with Crippen molar-refractivity contribution in [1.29, 1.82) is 5.26 Å². The van der Waals surface area contributed by atoms with Crippen LogP contribution in [-0.4, -0.2) is 8.42 Å². The molecule has 0 saturated carbocycles. The molecule has 6 heteroatoms. The van der Waals surface area contributed by atoms with Crippen LogP contribution in [0.15, 0.2) is 88.2 Å². The highest BCUT2D eigenvalue weighted by atomic mass is 79.9. The van der Waals surface area contributed by atoms with Gasteiger partial charge in [-0.25, -0.2) is 8.42 Å². The molecule has 0 aliphatic carbocycles. The molecule has 0 bridgehead atoms. The summed E-state index contributed by atoms with van der Waals surface area (Å²) in [4.78, 5) is 0.206. The lowest BCUT2D eigenvalue weighted by Gasteiger charge is -2.25. The minimum Gasteiger partial charge on any atom is -0.262 e. The van der Waals surface area contributed by atoms with Crippen molar-refractivity contribution in [2.75, 3.05) is 4.31 Å². The Balaban J connectivity index is 2.12. The number of nitriles is 1. The van der Waals surface area contributed by atoms with E-state index in [1.165, 1.54) is 4.31 Å². The molecular formula is C20H15BrN2O2S. The van der Waals surface area contributed by atoms with Crippen LogP contribution in [0.1, 0.15) is 11.1 Å². The van der Waals surface area contributed by atoms with E-state index in [2.05, 4.69) is 22.0 Å². The molecular weight excluding hydrogens is 412 g/mol. The average Bonchev–Trinajstić information content (AvgIpc) is 2.68. The molecule has 0 aliphatic rings. The van der Waals surface area contributed by atoms with Crippen LogP contribution in [0.5, 0.6) is 0 Å². The molecule has 3 aromatic carbocycles. The van der Waals surface area contributed by atoms with Crippen molar-refractivity contribution in [3.8, 4) is 6.07 Å². The Kier molecular flexibility index (Phi) is 5.40. The van der Waals surface area contributed by atoms with Crippen LogP contribution in [0.4, 0.5) is 5.69 Å². The largest absolute Gasteiger partial charge is 0.264 e. The standard InChI is InChI=1S/C20H15BrN2O2S/c21-20-12-11-18(13-17(20)14-22)23(15-16-7-3-1-4-8-16)26(24,25)19-9-5-2-6-10-19/h1-13H,15H2. The van der Waals surface area contributed by atoms with Crippen LogP contribution in [0.2, 0.25) is 0 Å². The molecule has 130 valence electrons. The highest BCUT2D eigenvalue weighted by molar-refractivity contribution is 9.10. The second kappa shape index (κ2) is 7.73. The Labute approximate surface area is 161 Å². The highest BCUT2D eigenvalue weighted by Crippen LogP contribution is 2.29. The second-order valence-electron chi connectivity index (χ2n) is 5.59. The van der Waals surface area contributed by atoms with Gasteiger partial charge in [-0.1, -0.05) is 48.5 Å². The van der Waals surface area contributed by atoms with Gasteiger partial charge in [0, 0.05) is 4.47 Å². The zero-order chi connectivity index (χ0) is 18.6. The normalized spacial score (nSPS) is 10.9. The molecule has 0 atom stereocenters. The Morgan fingerprint density at radius 2 is 1.54 bits per heavy atom. The van der Waals surface area contributed by atoms with E-state index >= 15 is 0 Å². The quantitative estimate of drug-likeness (QED) is 0.592. The molecule has 3 rings (SSSR count). The number of hydrogen-bond acceptors (Lipinski definition) is 3. The number of rotatable bonds is 5. The third-order valence-electron chi connectivity index (χ3n) is 3.86. The third-order valence-corrected chi connectivity index (χ3v) is 6.34. The predicted molar refractivity (Wildman–Crippen MR) is 105 cm³/mol. The van der Waals surface area contributed by atoms with Gasteiger partial charge >= 0.3 is 0 Å². The van der Waals surface area contributed by atoms with Crippen LogP contribution < -0.4 is 4.31 Å². The number of anilines is 1. The first-order chi connectivity index (χ1) is 12.5. The van der Waals surface area contributed by atoms with Gasteiger partial charge in [-0.05, 0) is 51.8 Å². The Morgan fingerprint density at radius 1 is 0.923 bits per heavy atom. The molecule has 0 unspecified atom stereocenters. The Hall–Kier alpha value is -2.62. The number of halogens is 1. The van der Waals surface area contributed by atoms with E-state index in [-0.39, 0.29) is 11.4 Å². The average molecular weight is 427 g/mol. The molecule has 4 nitrogen and oxygen atoms in total. The van der Waals surface area contributed by atoms with Gasteiger partial charge in [0.1, 0.15) is 6.07 Å². The molecule has 0 aliphatic heterocycles. The minimum atomic E-state index is -3.78. The molecule has 0 aromatic heterocycles. The van der Waals surface area contributed by atoms with Crippen molar-refractivity contribution in [2.45, 2.75) is 11.4 Å². The van der Waals surface area contributed by atoms with Gasteiger partial charge < -0.3 is 0 Å². The van der Waals surface area contributed by atoms with Crippen molar-refractivity contribution in [3.63, 3.8) is 0 Å². The first-order valence-corrected chi connectivity index (χ1v) is 10.1. The van der Waals surface area contributed by atoms with E-state index in [0.717, 1.165) is 5.56 Å². The molecule has 0 saturated heterocycles. The molecule has 26 heavy (non-hydrogen) atoms. The number of hydrogen-bond donors (Lipinski definition) is 0. The summed E-state index contributed by atoms with van der Waals surface area (Å²) < 4.78 is 28.5. The molecule has 0 radical (unpaired) electrons. The van der Waals surface area contributed by atoms with Crippen molar-refractivity contribution in [3.05, 3.63) is 94.5 Å². The fraction of sp³-hybridized carbons (Fsp3) is 0.0500. The van der Waals surface area contributed by atoms with Gasteiger partial charge in [0.15, 0.2) is 0 Å². The van der Waals surface area contributed by atoms with Crippen LogP contribution in [-0.2, 0) is 16.6 Å². The predicted octanol–water partition coefficient (Wildman–Crippen LogP) is 4.72. The smallest absolute Gasteiger partial charge is 0.262 e. The minimum absolute atomic E-state index is 0.171. The lowest BCUT2D eigenvalue weighted by Crippen LogP contribution is -2.30. The molecule has 0 heterocycles. The summed E-state index contributed by atoms with van der Waals surface area (Å²) in [5.74, 6) is 0. The summed E-state index contributed by atoms with van der Waals surface area (Å²) in [5.41, 5.74) is 1.68. The van der Waals surface area contributed by atoms with Crippen molar-refractivity contribution < 1.29 is 8.42 Å². The first kappa shape index (κ1) is 18.2. The maximum atomic E-state index is 13.3. The summed E-state index contributed by atoms with van der Waals surface area (Å²) in [6.07, 6.45) is 0. The van der Waals surface area contributed by atoms with Crippen LogP contribution >= 0.6 is 15.9 Å². The van der Waals surface area contributed by atoms with E-state index in [0.29, 0.717) is 15.7 Å². The van der Waals surface area contributed by atoms with Gasteiger partial charge in [0.2, 0.25) is 0 Å². The van der Waals surface area contributed by atoms with E-state index in [1.807, 2.05) is 30.3 Å². The fourth-order valence-corrected chi connectivity index (χ4v) is 4.34. The zero-order valence-electron chi connectivity index (χ0n) is 13.7. The topological polar surface area (TPSA) is 61.2 Å². The Bertz CT molecular complexity index is 1050. The first-order valence-electron chi connectivity index (χ1n) is 7.84. The summed E-state index contributed by atoms with van der Waals surface area (Å²) in [6.45, 7) is 0.171. The van der Waals surface area contributed by atoms with E-state index in [9.17, 15) is 13.7 Å². The Morgan fingerprint density at radius 3 is 2.15 bits per heavy atom. The molecule has 0 N–H and O–H groups in total. The van der Waals surface area contributed by atoms with Gasteiger partial charge in [-0.2, -0.15) is 5.26 Å². The van der Waals surface area contributed by atoms with E-state index in [1.54, 1.807) is 48.5 Å². The highest BCUT2D eigenvalue weighted by Gasteiger charge is 2.25. The van der Waals surface area contributed by atoms with Crippen LogP contribution in [0, 0.1) is 11.3 Å². The zero-order valence-corrected chi connectivity index (χ0v) is 16.1. The summed E-state index contributed by atoms with van der Waals surface area (Å²) >= 11 is 3.31. The molecule has 0 amide bonds. The SMILES string of the molecule is N#Cc1cc(N(Cc2ccccc2)S(=O)(=O)c2ccccc2)ccc1Br. The lowest BCUT2D eigenvalue weighted by atomic mass is 10.2. The monoisotopic (exact) mass is 426 g/mol. The summed E-state index contributed by atoms with van der Waals surface area (Å²) in [5, 5.41) is 9.29. The second-order valence-corrected chi connectivity index (χ2v) is 8.30. The van der Waals surface area contributed by atoms with Gasteiger partial charge in [-0.15, -0.1) is 0 Å². The van der Waals surface area contributed by atoms with E-state index < -0.39 is 10.0 Å². The lowest BCUT2D eigenvalue weighted by molar-refractivity contribution is 0.590. The fourth-order valence-electron chi connectivity index (χ4n) is 2.54. The third kappa shape index (κ3) is 3.79.